The van der Waals surface area contributed by atoms with Gasteiger partial charge in [-0.3, -0.25) is 4.90 Å². The van der Waals surface area contributed by atoms with Crippen molar-refractivity contribution >= 4 is 15.9 Å². The molecule has 1 N–H and O–H groups in total. The van der Waals surface area contributed by atoms with E-state index in [0.717, 1.165) is 24.9 Å². The quantitative estimate of drug-likeness (QED) is 0.843. The van der Waals surface area contributed by atoms with Crippen molar-refractivity contribution in [3.63, 3.8) is 0 Å². The van der Waals surface area contributed by atoms with Gasteiger partial charge in [0.15, 0.2) is 0 Å². The first kappa shape index (κ1) is 17.0. The van der Waals surface area contributed by atoms with Gasteiger partial charge < -0.3 is 5.32 Å². The van der Waals surface area contributed by atoms with E-state index in [9.17, 15) is 0 Å². The number of benzene rings is 1. The van der Waals surface area contributed by atoms with Gasteiger partial charge in [0.2, 0.25) is 0 Å². The predicted octanol–water partition coefficient (Wildman–Crippen LogP) is 4.43. The highest BCUT2D eigenvalue weighted by atomic mass is 79.9. The van der Waals surface area contributed by atoms with Gasteiger partial charge in [-0.1, -0.05) is 55.8 Å². The average molecular weight is 353 g/mol. The molecule has 1 aromatic rings. The summed E-state index contributed by atoms with van der Waals surface area (Å²) in [5.74, 6) is 1.68. The van der Waals surface area contributed by atoms with E-state index in [-0.39, 0.29) is 0 Å². The van der Waals surface area contributed by atoms with Crippen molar-refractivity contribution in [2.24, 2.45) is 11.8 Å². The summed E-state index contributed by atoms with van der Waals surface area (Å²) in [6, 6.07) is 7.33. The molecule has 0 spiro atoms. The van der Waals surface area contributed by atoms with Crippen LogP contribution >= 0.6 is 15.9 Å². The molecule has 0 radical (unpaired) electrons. The number of hydrogen-bond acceptors (Lipinski definition) is 2. The number of rotatable bonds is 5. The highest BCUT2D eigenvalue weighted by Crippen LogP contribution is 2.26. The van der Waals surface area contributed by atoms with Gasteiger partial charge in [0.05, 0.1) is 0 Å². The summed E-state index contributed by atoms with van der Waals surface area (Å²) in [4.78, 5) is 2.59. The van der Waals surface area contributed by atoms with E-state index in [1.165, 1.54) is 35.1 Å². The Morgan fingerprint density at radius 1 is 1.29 bits per heavy atom. The fourth-order valence-electron chi connectivity index (χ4n) is 2.88. The van der Waals surface area contributed by atoms with Crippen LogP contribution in [-0.2, 0) is 13.1 Å². The summed E-state index contributed by atoms with van der Waals surface area (Å²) < 4.78 is 1.25. The second-order valence-corrected chi connectivity index (χ2v) is 7.79. The first-order valence-corrected chi connectivity index (χ1v) is 8.98. The number of piperidine rings is 1. The second-order valence-electron chi connectivity index (χ2n) is 6.94. The lowest BCUT2D eigenvalue weighted by Crippen LogP contribution is -2.37. The van der Waals surface area contributed by atoms with Crippen molar-refractivity contribution in [2.45, 2.75) is 53.2 Å². The smallest absolute Gasteiger partial charge is 0.0245 e. The van der Waals surface area contributed by atoms with Gasteiger partial charge in [0.1, 0.15) is 0 Å². The van der Waals surface area contributed by atoms with Crippen LogP contribution in [-0.4, -0.2) is 24.0 Å². The van der Waals surface area contributed by atoms with Gasteiger partial charge in [-0.05, 0) is 42.0 Å². The Balaban J connectivity index is 1.94. The SMILES string of the molecule is CC(C)NCc1ccc(CN2CCC(C)C(C)C2)c(Br)c1. The van der Waals surface area contributed by atoms with E-state index in [1.807, 2.05) is 0 Å². The van der Waals surface area contributed by atoms with Crippen molar-refractivity contribution in [3.05, 3.63) is 33.8 Å². The molecule has 1 fully saturated rings. The fraction of sp³-hybridized carbons (Fsp3) is 0.667. The van der Waals surface area contributed by atoms with Crippen molar-refractivity contribution in [2.75, 3.05) is 13.1 Å². The number of halogens is 1. The monoisotopic (exact) mass is 352 g/mol. The topological polar surface area (TPSA) is 15.3 Å². The summed E-state index contributed by atoms with van der Waals surface area (Å²) in [7, 11) is 0. The van der Waals surface area contributed by atoms with E-state index in [1.54, 1.807) is 0 Å². The van der Waals surface area contributed by atoms with E-state index >= 15 is 0 Å². The van der Waals surface area contributed by atoms with Gasteiger partial charge in [0, 0.05) is 30.1 Å². The number of nitrogens with zero attached hydrogens (tertiary/aromatic N) is 1. The Morgan fingerprint density at radius 2 is 2.05 bits per heavy atom. The molecule has 0 amide bonds. The minimum Gasteiger partial charge on any atom is -0.310 e. The third-order valence-electron chi connectivity index (χ3n) is 4.64. The molecular formula is C18H29BrN2. The van der Waals surface area contributed by atoms with Crippen molar-refractivity contribution in [1.29, 1.82) is 0 Å². The van der Waals surface area contributed by atoms with Crippen molar-refractivity contribution in [3.8, 4) is 0 Å². The van der Waals surface area contributed by atoms with Crippen LogP contribution in [0.5, 0.6) is 0 Å². The van der Waals surface area contributed by atoms with Gasteiger partial charge in [-0.25, -0.2) is 0 Å². The molecule has 0 aromatic heterocycles. The maximum atomic E-state index is 3.75. The first-order chi connectivity index (χ1) is 9.95. The third kappa shape index (κ3) is 5.08. The van der Waals surface area contributed by atoms with Crippen LogP contribution in [0.1, 0.15) is 45.2 Å². The molecule has 0 aliphatic carbocycles. The van der Waals surface area contributed by atoms with Crippen LogP contribution < -0.4 is 5.32 Å². The Labute approximate surface area is 138 Å². The van der Waals surface area contributed by atoms with Crippen LogP contribution in [0, 0.1) is 11.8 Å². The molecule has 1 aromatic carbocycles. The fourth-order valence-corrected chi connectivity index (χ4v) is 3.44. The highest BCUT2D eigenvalue weighted by molar-refractivity contribution is 9.10. The Kier molecular flexibility index (Phi) is 6.27. The molecule has 0 saturated carbocycles. The van der Waals surface area contributed by atoms with Crippen LogP contribution in [0.2, 0.25) is 0 Å². The Hall–Kier alpha value is -0.380. The third-order valence-corrected chi connectivity index (χ3v) is 5.38. The van der Waals surface area contributed by atoms with Gasteiger partial charge in [-0.15, -0.1) is 0 Å². The molecule has 2 atom stereocenters. The van der Waals surface area contributed by atoms with Gasteiger partial charge >= 0.3 is 0 Å². The van der Waals surface area contributed by atoms with Crippen LogP contribution in [0.15, 0.2) is 22.7 Å². The zero-order valence-electron chi connectivity index (χ0n) is 13.8. The van der Waals surface area contributed by atoms with E-state index in [0.29, 0.717) is 6.04 Å². The van der Waals surface area contributed by atoms with E-state index in [2.05, 4.69) is 72.0 Å². The summed E-state index contributed by atoms with van der Waals surface area (Å²) in [5.41, 5.74) is 2.75. The largest absolute Gasteiger partial charge is 0.310 e. The summed E-state index contributed by atoms with van der Waals surface area (Å²) in [6.07, 6.45) is 1.33. The lowest BCUT2D eigenvalue weighted by Gasteiger charge is -2.35. The molecule has 2 nitrogen and oxygen atoms in total. The second kappa shape index (κ2) is 7.75. The lowest BCUT2D eigenvalue weighted by molar-refractivity contribution is 0.132. The normalized spacial score (nSPS) is 23.7. The molecule has 21 heavy (non-hydrogen) atoms. The summed E-state index contributed by atoms with van der Waals surface area (Å²) in [5, 5.41) is 3.47. The Bertz CT molecular complexity index is 459. The number of hydrogen-bond donors (Lipinski definition) is 1. The zero-order valence-corrected chi connectivity index (χ0v) is 15.4. The maximum absolute atomic E-state index is 3.75. The molecule has 2 rings (SSSR count). The standard InChI is InChI=1S/C18H29BrN2/c1-13(2)20-10-16-5-6-17(18(19)9-16)12-21-8-7-14(3)15(4)11-21/h5-6,9,13-15,20H,7-8,10-12H2,1-4H3. The van der Waals surface area contributed by atoms with E-state index < -0.39 is 0 Å². The minimum atomic E-state index is 0.528. The lowest BCUT2D eigenvalue weighted by atomic mass is 9.88. The number of likely N-dealkylation sites (tertiary alicyclic amines) is 1. The van der Waals surface area contributed by atoms with E-state index in [4.69, 9.17) is 0 Å². The first-order valence-electron chi connectivity index (χ1n) is 8.18. The minimum absolute atomic E-state index is 0.528. The molecule has 1 heterocycles. The molecule has 1 saturated heterocycles. The molecule has 1 aliphatic rings. The van der Waals surface area contributed by atoms with Gasteiger partial charge in [0.25, 0.3) is 0 Å². The summed E-state index contributed by atoms with van der Waals surface area (Å²) in [6.45, 7) is 13.6. The molecule has 0 bridgehead atoms. The Morgan fingerprint density at radius 3 is 2.67 bits per heavy atom. The molecule has 3 heteroatoms. The number of nitrogens with one attached hydrogen (secondary N) is 1. The maximum Gasteiger partial charge on any atom is 0.0245 e. The average Bonchev–Trinajstić information content (AvgIpc) is 2.43. The van der Waals surface area contributed by atoms with Crippen molar-refractivity contribution < 1.29 is 0 Å². The van der Waals surface area contributed by atoms with Crippen LogP contribution in [0.25, 0.3) is 0 Å². The molecular weight excluding hydrogens is 324 g/mol. The predicted molar refractivity (Wildman–Crippen MR) is 94.3 cm³/mol. The molecule has 118 valence electrons. The zero-order chi connectivity index (χ0) is 15.4. The molecule has 2 unspecified atom stereocenters. The highest BCUT2D eigenvalue weighted by Gasteiger charge is 2.22. The summed E-state index contributed by atoms with van der Waals surface area (Å²) >= 11 is 3.75. The van der Waals surface area contributed by atoms with Crippen LogP contribution in [0.3, 0.4) is 0 Å². The van der Waals surface area contributed by atoms with Crippen LogP contribution in [0.4, 0.5) is 0 Å². The van der Waals surface area contributed by atoms with Crippen molar-refractivity contribution in [1.82, 2.24) is 10.2 Å². The van der Waals surface area contributed by atoms with Gasteiger partial charge in [-0.2, -0.15) is 0 Å². The molecule has 1 aliphatic heterocycles.